The third kappa shape index (κ3) is 3.26. The van der Waals surface area contributed by atoms with Crippen molar-refractivity contribution in [3.63, 3.8) is 0 Å². The van der Waals surface area contributed by atoms with E-state index in [1.807, 2.05) is 12.3 Å². The summed E-state index contributed by atoms with van der Waals surface area (Å²) in [5, 5.41) is 2.13. The fourth-order valence-corrected chi connectivity index (χ4v) is 4.15. The van der Waals surface area contributed by atoms with E-state index in [2.05, 4.69) is 59.6 Å². The lowest BCUT2D eigenvalue weighted by Gasteiger charge is -2.24. The number of rotatable bonds is 4. The monoisotopic (exact) mass is 367 g/mol. The molecule has 0 radical (unpaired) electrons. The van der Waals surface area contributed by atoms with Crippen LogP contribution in [-0.4, -0.2) is 28.0 Å². The predicted octanol–water partition coefficient (Wildman–Crippen LogP) is 5.04. The molecule has 1 aliphatic heterocycles. The van der Waals surface area contributed by atoms with Gasteiger partial charge in [0.2, 0.25) is 0 Å². The van der Waals surface area contributed by atoms with Crippen LogP contribution in [0.1, 0.15) is 42.3 Å². The quantitative estimate of drug-likeness (QED) is 0.643. The summed E-state index contributed by atoms with van der Waals surface area (Å²) in [4.78, 5) is 7.01. The minimum Gasteiger partial charge on any atom is -0.344 e. The topological polar surface area (TPSA) is 21.1 Å². The molecule has 136 valence electrons. The molecule has 3 aromatic rings. The Kier molecular flexibility index (Phi) is 4.76. The molecule has 1 aliphatic rings. The van der Waals surface area contributed by atoms with Gasteiger partial charge in [0, 0.05) is 59.6 Å². The third-order valence-electron chi connectivity index (χ3n) is 5.47. The van der Waals surface area contributed by atoms with E-state index >= 15 is 0 Å². The first kappa shape index (κ1) is 17.6. The Morgan fingerprint density at radius 3 is 2.77 bits per heavy atom. The van der Waals surface area contributed by atoms with Crippen LogP contribution in [0.25, 0.3) is 10.9 Å². The van der Waals surface area contributed by atoms with Gasteiger partial charge in [0.15, 0.2) is 0 Å². The molecule has 4 heteroatoms. The molecule has 1 aromatic carbocycles. The number of fused-ring (bicyclic) bond motifs is 3. The summed E-state index contributed by atoms with van der Waals surface area (Å²) in [6.07, 6.45) is 4.14. The molecule has 4 rings (SSSR count). The van der Waals surface area contributed by atoms with Gasteiger partial charge in [0.1, 0.15) is 0 Å². The number of likely N-dealkylation sites (N-methyl/N-ethyl adjacent to an activating group) is 1. The van der Waals surface area contributed by atoms with Crippen LogP contribution in [-0.2, 0) is 25.9 Å². The van der Waals surface area contributed by atoms with Gasteiger partial charge in [-0.2, -0.15) is 0 Å². The summed E-state index contributed by atoms with van der Waals surface area (Å²) in [6, 6.07) is 10.7. The maximum Gasteiger partial charge on any atom is 0.0487 e. The van der Waals surface area contributed by atoms with E-state index in [0.29, 0.717) is 5.92 Å². The van der Waals surface area contributed by atoms with Crippen LogP contribution in [0.4, 0.5) is 0 Å². The number of nitrogens with zero attached hydrogens (tertiary/aromatic N) is 3. The molecule has 0 bridgehead atoms. The van der Waals surface area contributed by atoms with Gasteiger partial charge in [-0.1, -0.05) is 31.5 Å². The number of benzene rings is 1. The minimum absolute atomic E-state index is 0.478. The number of halogens is 1. The number of aromatic nitrogens is 2. The Hall–Kier alpha value is -1.84. The molecule has 26 heavy (non-hydrogen) atoms. The normalized spacial score (nSPS) is 15.0. The second kappa shape index (κ2) is 7.05. The van der Waals surface area contributed by atoms with Crippen molar-refractivity contribution in [2.45, 2.75) is 45.7 Å². The van der Waals surface area contributed by atoms with Gasteiger partial charge in [-0.15, -0.1) is 0 Å². The first-order chi connectivity index (χ1) is 12.5. The lowest BCUT2D eigenvalue weighted by molar-refractivity contribution is 0.309. The fourth-order valence-electron chi connectivity index (χ4n) is 3.98. The van der Waals surface area contributed by atoms with Gasteiger partial charge < -0.3 is 9.47 Å². The summed E-state index contributed by atoms with van der Waals surface area (Å²) < 4.78 is 2.50. The highest BCUT2D eigenvalue weighted by molar-refractivity contribution is 6.31. The third-order valence-corrected chi connectivity index (χ3v) is 5.71. The Balaban J connectivity index is 1.66. The smallest absolute Gasteiger partial charge is 0.0487 e. The number of hydrogen-bond acceptors (Lipinski definition) is 2. The SMILES string of the molecule is CC(C)c1ccc(CCn2c3c(c4cc(Cl)ccc42)CN(C)CC3)cn1. The largest absolute Gasteiger partial charge is 0.344 e. The average Bonchev–Trinajstić information content (AvgIpc) is 2.92. The molecule has 2 aromatic heterocycles. The summed E-state index contributed by atoms with van der Waals surface area (Å²) in [5.41, 5.74) is 6.69. The summed E-state index contributed by atoms with van der Waals surface area (Å²) in [7, 11) is 2.19. The van der Waals surface area contributed by atoms with Gasteiger partial charge in [-0.05, 0) is 54.8 Å². The molecule has 3 heterocycles. The lowest BCUT2D eigenvalue weighted by Crippen LogP contribution is -2.27. The van der Waals surface area contributed by atoms with E-state index in [-0.39, 0.29) is 0 Å². The van der Waals surface area contributed by atoms with Gasteiger partial charge in [-0.25, -0.2) is 0 Å². The average molecular weight is 368 g/mol. The number of pyridine rings is 1. The van der Waals surface area contributed by atoms with Crippen LogP contribution in [0.2, 0.25) is 5.02 Å². The summed E-state index contributed by atoms with van der Waals surface area (Å²) >= 11 is 6.29. The molecular formula is C22H26ClN3. The highest BCUT2D eigenvalue weighted by Crippen LogP contribution is 2.32. The Morgan fingerprint density at radius 1 is 1.19 bits per heavy atom. The van der Waals surface area contributed by atoms with Crippen molar-refractivity contribution in [1.82, 2.24) is 14.5 Å². The molecule has 0 aliphatic carbocycles. The first-order valence-electron chi connectivity index (χ1n) is 9.46. The standard InChI is InChI=1S/C22H26ClN3/c1-15(2)20-6-4-16(13-24-20)8-11-26-21-7-5-17(23)12-18(21)19-14-25(3)10-9-22(19)26/h4-7,12-13,15H,8-11,14H2,1-3H3. The van der Waals surface area contributed by atoms with Crippen LogP contribution in [0, 0.1) is 0 Å². The van der Waals surface area contributed by atoms with E-state index in [1.54, 1.807) is 0 Å². The molecule has 0 unspecified atom stereocenters. The van der Waals surface area contributed by atoms with Crippen molar-refractivity contribution in [2.75, 3.05) is 13.6 Å². The Bertz CT molecular complexity index is 925. The maximum absolute atomic E-state index is 6.29. The molecule has 0 amide bonds. The van der Waals surface area contributed by atoms with E-state index in [9.17, 15) is 0 Å². The van der Waals surface area contributed by atoms with E-state index in [4.69, 9.17) is 11.6 Å². The molecule has 0 spiro atoms. The zero-order valence-corrected chi connectivity index (χ0v) is 16.6. The van der Waals surface area contributed by atoms with Crippen LogP contribution in [0.5, 0.6) is 0 Å². The molecule has 0 saturated heterocycles. The maximum atomic E-state index is 6.29. The molecule has 0 N–H and O–H groups in total. The van der Waals surface area contributed by atoms with Crippen molar-refractivity contribution >= 4 is 22.5 Å². The van der Waals surface area contributed by atoms with Crippen molar-refractivity contribution < 1.29 is 0 Å². The van der Waals surface area contributed by atoms with Gasteiger partial charge >= 0.3 is 0 Å². The van der Waals surface area contributed by atoms with Crippen LogP contribution < -0.4 is 0 Å². The Labute approximate surface area is 160 Å². The van der Waals surface area contributed by atoms with E-state index in [1.165, 1.54) is 27.7 Å². The number of aryl methyl sites for hydroxylation is 2. The highest BCUT2D eigenvalue weighted by Gasteiger charge is 2.22. The van der Waals surface area contributed by atoms with Crippen molar-refractivity contribution in [2.24, 2.45) is 0 Å². The lowest BCUT2D eigenvalue weighted by atomic mass is 10.1. The van der Waals surface area contributed by atoms with Crippen molar-refractivity contribution in [3.8, 4) is 0 Å². The van der Waals surface area contributed by atoms with Crippen LogP contribution in [0.3, 0.4) is 0 Å². The second-order valence-electron chi connectivity index (χ2n) is 7.72. The highest BCUT2D eigenvalue weighted by atomic mass is 35.5. The molecular weight excluding hydrogens is 342 g/mol. The van der Waals surface area contributed by atoms with Gasteiger partial charge in [0.25, 0.3) is 0 Å². The predicted molar refractivity (Wildman–Crippen MR) is 109 cm³/mol. The van der Waals surface area contributed by atoms with Gasteiger partial charge in [0.05, 0.1) is 0 Å². The van der Waals surface area contributed by atoms with Crippen molar-refractivity contribution in [1.29, 1.82) is 0 Å². The van der Waals surface area contributed by atoms with E-state index in [0.717, 1.165) is 43.2 Å². The number of hydrogen-bond donors (Lipinski definition) is 0. The van der Waals surface area contributed by atoms with E-state index < -0.39 is 0 Å². The second-order valence-corrected chi connectivity index (χ2v) is 8.16. The molecule has 0 fully saturated rings. The molecule has 0 atom stereocenters. The summed E-state index contributed by atoms with van der Waals surface area (Å²) in [5.74, 6) is 0.478. The molecule has 0 saturated carbocycles. The van der Waals surface area contributed by atoms with Crippen molar-refractivity contribution in [3.05, 3.63) is 64.1 Å². The zero-order valence-electron chi connectivity index (χ0n) is 15.8. The molecule has 3 nitrogen and oxygen atoms in total. The Morgan fingerprint density at radius 2 is 2.04 bits per heavy atom. The van der Waals surface area contributed by atoms with Crippen LogP contribution >= 0.6 is 11.6 Å². The zero-order chi connectivity index (χ0) is 18.3. The van der Waals surface area contributed by atoms with Crippen LogP contribution in [0.15, 0.2) is 36.5 Å². The first-order valence-corrected chi connectivity index (χ1v) is 9.83. The fraction of sp³-hybridized carbons (Fsp3) is 0.409. The summed E-state index contributed by atoms with van der Waals surface area (Å²) in [6.45, 7) is 7.47. The minimum atomic E-state index is 0.478. The van der Waals surface area contributed by atoms with Gasteiger partial charge in [-0.3, -0.25) is 4.98 Å².